The number of benzene rings is 4. The number of nitrogens with one attached hydrogen (secondary N) is 2. The number of thiophene rings is 1. The molecule has 1 saturated heterocycles. The number of hydrogen-bond acceptors (Lipinski definition) is 13. The van der Waals surface area contributed by atoms with Crippen LogP contribution in [0.1, 0.15) is 44.0 Å². The predicted molar refractivity (Wildman–Crippen MR) is 260 cm³/mol. The SMILES string of the molecule is Cc1ccc(-c2sc3cc(O)ccc3c2Oc2ccc(OCCOCCOCCOCC(=O)N[C@H](C(=O)N3C[C@H](O)C[C@H]3C(=O)NCc3ccc(-c4scnc4C)cc3)C(C)(C)C)cc2)cc1. The number of aryl methyl sites for hydroxylation is 2. The van der Waals surface area contributed by atoms with Crippen LogP contribution in [0.2, 0.25) is 0 Å². The highest BCUT2D eigenvalue weighted by atomic mass is 32.1. The molecule has 0 saturated carbocycles. The number of hydrogen-bond donors (Lipinski definition) is 4. The van der Waals surface area contributed by atoms with Crippen LogP contribution >= 0.6 is 22.7 Å². The van der Waals surface area contributed by atoms with Crippen molar-refractivity contribution in [2.45, 2.75) is 65.8 Å². The Morgan fingerprint density at radius 3 is 2.13 bits per heavy atom. The highest BCUT2D eigenvalue weighted by Crippen LogP contribution is 2.47. The summed E-state index contributed by atoms with van der Waals surface area (Å²) in [4.78, 5) is 48.1. The Bertz CT molecular complexity index is 2590. The minimum Gasteiger partial charge on any atom is -0.508 e. The van der Waals surface area contributed by atoms with E-state index in [1.54, 1.807) is 34.8 Å². The van der Waals surface area contributed by atoms with E-state index in [1.807, 2.05) is 87.8 Å². The monoisotopic (exact) mass is 950 g/mol. The van der Waals surface area contributed by atoms with Crippen molar-refractivity contribution in [3.8, 4) is 43.9 Å². The van der Waals surface area contributed by atoms with E-state index in [9.17, 15) is 24.6 Å². The number of amides is 3. The molecule has 3 atom stereocenters. The highest BCUT2D eigenvalue weighted by molar-refractivity contribution is 7.22. The number of nitrogens with zero attached hydrogens (tertiary/aromatic N) is 2. The summed E-state index contributed by atoms with van der Waals surface area (Å²) in [5.41, 5.74) is 6.23. The number of phenolic OH excluding ortho intramolecular Hbond substituents is 1. The summed E-state index contributed by atoms with van der Waals surface area (Å²) < 4.78 is 30.0. The topological polar surface area (TPSA) is 178 Å². The van der Waals surface area contributed by atoms with Crippen LogP contribution in [-0.4, -0.2) is 109 Å². The van der Waals surface area contributed by atoms with E-state index in [-0.39, 0.29) is 51.0 Å². The number of likely N-dealkylation sites (tertiary alicyclic amines) is 1. The second-order valence-corrected chi connectivity index (χ2v) is 19.4. The zero-order valence-corrected chi connectivity index (χ0v) is 40.0. The number of fused-ring (bicyclic) bond motifs is 1. The Labute approximate surface area is 398 Å². The van der Waals surface area contributed by atoms with Crippen LogP contribution in [-0.2, 0) is 35.1 Å². The molecule has 4 N–H and O–H groups in total. The molecule has 0 unspecified atom stereocenters. The lowest BCUT2D eigenvalue weighted by Gasteiger charge is -2.35. The van der Waals surface area contributed by atoms with Gasteiger partial charge in [0.05, 0.1) is 60.1 Å². The number of aromatic hydroxyl groups is 1. The number of ether oxygens (including phenoxy) is 5. The second-order valence-electron chi connectivity index (χ2n) is 17.5. The van der Waals surface area contributed by atoms with E-state index in [0.717, 1.165) is 48.0 Å². The summed E-state index contributed by atoms with van der Waals surface area (Å²) >= 11 is 3.14. The van der Waals surface area contributed by atoms with Gasteiger partial charge in [0.25, 0.3) is 0 Å². The van der Waals surface area contributed by atoms with Crippen LogP contribution < -0.4 is 20.1 Å². The molecule has 7 rings (SSSR count). The van der Waals surface area contributed by atoms with Crippen LogP contribution in [0.3, 0.4) is 0 Å². The lowest BCUT2D eigenvalue weighted by molar-refractivity contribution is -0.144. The van der Waals surface area contributed by atoms with Crippen molar-refractivity contribution in [1.29, 1.82) is 0 Å². The van der Waals surface area contributed by atoms with E-state index >= 15 is 0 Å². The first-order valence-corrected chi connectivity index (χ1v) is 23.9. The summed E-state index contributed by atoms with van der Waals surface area (Å²) in [7, 11) is 0. The zero-order chi connectivity index (χ0) is 47.5. The molecule has 4 aromatic carbocycles. The molecule has 14 nitrogen and oxygen atoms in total. The fourth-order valence-electron chi connectivity index (χ4n) is 7.59. The van der Waals surface area contributed by atoms with E-state index in [1.165, 1.54) is 10.5 Å². The molecule has 2 aromatic heterocycles. The number of β-amino-alcohol motifs (C(OH)–C–C–N with tert-alkyl or cyclic N) is 1. The normalized spacial score (nSPS) is 15.4. The molecule has 0 spiro atoms. The zero-order valence-electron chi connectivity index (χ0n) is 38.4. The minimum absolute atomic E-state index is 0.0174. The van der Waals surface area contributed by atoms with Crippen molar-refractivity contribution in [3.63, 3.8) is 0 Å². The quantitative estimate of drug-likeness (QED) is 0.0514. The Morgan fingerprint density at radius 1 is 0.821 bits per heavy atom. The van der Waals surface area contributed by atoms with Gasteiger partial charge < -0.3 is 49.4 Å². The molecule has 1 aliphatic rings. The fraction of sp³-hybridized carbons (Fsp3) is 0.373. The van der Waals surface area contributed by atoms with Crippen LogP contribution in [0.15, 0.2) is 96.5 Å². The number of aromatic nitrogens is 1. The highest BCUT2D eigenvalue weighted by Gasteiger charge is 2.44. The van der Waals surface area contributed by atoms with Crippen LogP contribution in [0, 0.1) is 19.3 Å². The van der Waals surface area contributed by atoms with E-state index in [4.69, 9.17) is 23.7 Å². The first-order chi connectivity index (χ1) is 32.2. The average Bonchev–Trinajstić information content (AvgIpc) is 4.03. The fourth-order valence-corrected chi connectivity index (χ4v) is 9.57. The third-order valence-corrected chi connectivity index (χ3v) is 13.3. The Morgan fingerprint density at radius 2 is 1.46 bits per heavy atom. The molecule has 16 heteroatoms. The Hall–Kier alpha value is -5.88. The van der Waals surface area contributed by atoms with Gasteiger partial charge in [0, 0.05) is 29.6 Å². The van der Waals surface area contributed by atoms with Crippen molar-refractivity contribution in [3.05, 3.63) is 113 Å². The second kappa shape index (κ2) is 22.7. The third kappa shape index (κ3) is 13.2. The molecular weight excluding hydrogens is 893 g/mol. The Balaban J connectivity index is 0.771. The van der Waals surface area contributed by atoms with Crippen molar-refractivity contribution in [1.82, 2.24) is 20.5 Å². The number of aliphatic hydroxyl groups excluding tert-OH is 1. The van der Waals surface area contributed by atoms with Gasteiger partial charge in [-0.2, -0.15) is 0 Å². The smallest absolute Gasteiger partial charge is 0.246 e. The van der Waals surface area contributed by atoms with Crippen molar-refractivity contribution in [2.75, 3.05) is 52.8 Å². The third-order valence-electron chi connectivity index (χ3n) is 11.2. The number of rotatable bonds is 21. The maximum Gasteiger partial charge on any atom is 0.246 e. The summed E-state index contributed by atoms with van der Waals surface area (Å²) in [5, 5.41) is 27.3. The lowest BCUT2D eigenvalue weighted by atomic mass is 9.85. The minimum atomic E-state index is -0.967. The summed E-state index contributed by atoms with van der Waals surface area (Å²) in [6.45, 7) is 11.2. The van der Waals surface area contributed by atoms with Gasteiger partial charge >= 0.3 is 0 Å². The van der Waals surface area contributed by atoms with Gasteiger partial charge in [-0.05, 0) is 78.4 Å². The lowest BCUT2D eigenvalue weighted by Crippen LogP contribution is -2.58. The first-order valence-electron chi connectivity index (χ1n) is 22.2. The van der Waals surface area contributed by atoms with Crippen molar-refractivity contribution in [2.24, 2.45) is 5.41 Å². The summed E-state index contributed by atoms with van der Waals surface area (Å²) in [6.07, 6.45) is -0.776. The van der Waals surface area contributed by atoms with Gasteiger partial charge in [-0.3, -0.25) is 14.4 Å². The molecule has 6 aromatic rings. The number of phenols is 1. The molecule has 3 heterocycles. The van der Waals surface area contributed by atoms with Crippen LogP contribution in [0.5, 0.6) is 23.0 Å². The van der Waals surface area contributed by atoms with Gasteiger partial charge in [0.2, 0.25) is 17.7 Å². The van der Waals surface area contributed by atoms with Crippen LogP contribution in [0.25, 0.3) is 31.0 Å². The molecule has 354 valence electrons. The number of aliphatic hydroxyl groups is 1. The number of thiazole rings is 1. The molecular formula is C51H58N4O10S2. The number of carbonyl (C=O) groups is 3. The standard InChI is InChI=1S/C51H58N4O10S2/c1-32-6-10-36(11-7-32)47-45(41-19-14-37(56)27-43(41)67-47)65-40-17-15-39(16-18-40)64-25-24-62-21-20-61-22-23-63-30-44(58)54-48(51(3,4)5)50(60)55-29-38(57)26-42(55)49(59)52-28-34-8-12-35(13-9-34)46-33(2)53-31-66-46/h6-19,27,31,38,42,48,56-57H,20-26,28-30H2,1-5H3,(H,52,59)(H,54,58)/t38-,42+,48-/m1/s1. The molecule has 3 amide bonds. The largest absolute Gasteiger partial charge is 0.508 e. The van der Waals surface area contributed by atoms with Crippen molar-refractivity contribution < 1.29 is 48.3 Å². The maximum absolute atomic E-state index is 13.9. The summed E-state index contributed by atoms with van der Waals surface area (Å²) in [6, 6.07) is 27.0. The molecule has 0 radical (unpaired) electrons. The van der Waals surface area contributed by atoms with Gasteiger partial charge in [-0.1, -0.05) is 74.9 Å². The number of carbonyl (C=O) groups excluding carboxylic acids is 3. The maximum atomic E-state index is 13.9. The molecule has 1 aliphatic heterocycles. The predicted octanol–water partition coefficient (Wildman–Crippen LogP) is 8.04. The van der Waals surface area contributed by atoms with Gasteiger partial charge in [-0.15, -0.1) is 22.7 Å². The van der Waals surface area contributed by atoms with Crippen molar-refractivity contribution >= 4 is 50.5 Å². The molecule has 0 aliphatic carbocycles. The molecule has 1 fully saturated rings. The van der Waals surface area contributed by atoms with Gasteiger partial charge in [0.15, 0.2) is 5.75 Å². The molecule has 0 bridgehead atoms. The average molecular weight is 951 g/mol. The summed E-state index contributed by atoms with van der Waals surface area (Å²) in [5.74, 6) is 0.966. The van der Waals surface area contributed by atoms with Gasteiger partial charge in [0.1, 0.15) is 42.5 Å². The van der Waals surface area contributed by atoms with E-state index < -0.39 is 35.4 Å². The first kappa shape index (κ1) is 49.0. The molecule has 67 heavy (non-hydrogen) atoms. The van der Waals surface area contributed by atoms with Crippen LogP contribution in [0.4, 0.5) is 0 Å². The van der Waals surface area contributed by atoms with E-state index in [0.29, 0.717) is 37.9 Å². The van der Waals surface area contributed by atoms with Gasteiger partial charge in [-0.25, -0.2) is 4.98 Å². The van der Waals surface area contributed by atoms with E-state index in [2.05, 4.69) is 46.8 Å². The Kier molecular flexibility index (Phi) is 16.6.